The Kier molecular flexibility index (Phi) is 4.71. The van der Waals surface area contributed by atoms with Gasteiger partial charge in [0.1, 0.15) is 11.9 Å². The zero-order chi connectivity index (χ0) is 17.9. The summed E-state index contributed by atoms with van der Waals surface area (Å²) in [5, 5.41) is 2.85. The molecule has 2 fully saturated rings. The Hall–Kier alpha value is -2.67. The highest BCUT2D eigenvalue weighted by Crippen LogP contribution is 2.32. The van der Waals surface area contributed by atoms with E-state index >= 15 is 0 Å². The van der Waals surface area contributed by atoms with Crippen LogP contribution in [0.15, 0.2) is 47.3 Å². The van der Waals surface area contributed by atoms with E-state index in [1.54, 1.807) is 36.9 Å². The van der Waals surface area contributed by atoms with Crippen LogP contribution in [0.4, 0.5) is 0 Å². The summed E-state index contributed by atoms with van der Waals surface area (Å²) >= 11 is 0. The summed E-state index contributed by atoms with van der Waals surface area (Å²) in [4.78, 5) is 30.9. The molecule has 0 aliphatic carbocycles. The number of ether oxygens (including phenoxy) is 1. The van der Waals surface area contributed by atoms with Gasteiger partial charge in [-0.1, -0.05) is 0 Å². The normalized spacial score (nSPS) is 24.9. The van der Waals surface area contributed by atoms with E-state index in [1.165, 1.54) is 0 Å². The fourth-order valence-corrected chi connectivity index (χ4v) is 3.73. The molecule has 7 heteroatoms. The molecule has 0 unspecified atom stereocenters. The predicted molar refractivity (Wildman–Crippen MR) is 92.1 cm³/mol. The smallest absolute Gasteiger partial charge is 0.255 e. The molecule has 1 N–H and O–H groups in total. The highest BCUT2D eigenvalue weighted by molar-refractivity contribution is 5.94. The number of nitrogens with zero attached hydrogens (tertiary/aromatic N) is 2. The fourth-order valence-electron chi connectivity index (χ4n) is 3.73. The lowest BCUT2D eigenvalue weighted by molar-refractivity contribution is -0.143. The second-order valence-corrected chi connectivity index (χ2v) is 6.63. The number of hydrogen-bond acceptors (Lipinski definition) is 5. The molecule has 7 nitrogen and oxygen atoms in total. The Morgan fingerprint density at radius 1 is 1.23 bits per heavy atom. The van der Waals surface area contributed by atoms with Gasteiger partial charge >= 0.3 is 0 Å². The number of likely N-dealkylation sites (tertiary alicyclic amines) is 1. The maximum Gasteiger partial charge on any atom is 0.255 e. The summed E-state index contributed by atoms with van der Waals surface area (Å²) < 4.78 is 11.2. The number of hydrogen-bond donors (Lipinski definition) is 1. The zero-order valence-electron chi connectivity index (χ0n) is 14.3. The number of carbonyl (C=O) groups is 2. The first-order valence-corrected chi connectivity index (χ1v) is 8.89. The predicted octanol–water partition coefficient (Wildman–Crippen LogP) is 1.75. The molecule has 0 radical (unpaired) electrons. The topological polar surface area (TPSA) is 84.7 Å². The maximum absolute atomic E-state index is 12.7. The molecule has 2 aromatic heterocycles. The van der Waals surface area contributed by atoms with Crippen molar-refractivity contribution in [3.8, 4) is 0 Å². The first kappa shape index (κ1) is 16.8. The number of amides is 2. The highest BCUT2D eigenvalue weighted by Gasteiger charge is 2.43. The Balaban J connectivity index is 1.34. The lowest BCUT2D eigenvalue weighted by Gasteiger charge is -2.35. The molecular formula is C19H21N3O4. The van der Waals surface area contributed by atoms with Crippen molar-refractivity contribution in [2.45, 2.75) is 44.1 Å². The molecule has 2 amide bonds. The molecule has 136 valence electrons. The molecule has 2 saturated heterocycles. The number of aromatic nitrogens is 1. The van der Waals surface area contributed by atoms with Crippen LogP contribution in [0.25, 0.3) is 0 Å². The molecule has 2 aliphatic heterocycles. The Morgan fingerprint density at radius 3 is 2.92 bits per heavy atom. The fraction of sp³-hybridized carbons (Fsp3) is 0.421. The summed E-state index contributed by atoms with van der Waals surface area (Å²) in [6.07, 6.45) is 6.36. The summed E-state index contributed by atoms with van der Waals surface area (Å²) in [6, 6.07) is 7.17. The minimum absolute atomic E-state index is 0.0186. The van der Waals surface area contributed by atoms with Gasteiger partial charge in [-0.3, -0.25) is 14.6 Å². The monoisotopic (exact) mass is 355 g/mol. The molecule has 0 spiro atoms. The first-order valence-electron chi connectivity index (χ1n) is 8.89. The number of pyridine rings is 1. The zero-order valence-corrected chi connectivity index (χ0v) is 14.3. The highest BCUT2D eigenvalue weighted by atomic mass is 16.5. The molecular weight excluding hydrogens is 334 g/mol. The van der Waals surface area contributed by atoms with Gasteiger partial charge in [-0.15, -0.1) is 0 Å². The second kappa shape index (κ2) is 7.29. The Bertz CT molecular complexity index is 762. The lowest BCUT2D eigenvalue weighted by Crippen LogP contribution is -2.48. The van der Waals surface area contributed by atoms with Crippen LogP contribution < -0.4 is 5.32 Å². The molecule has 26 heavy (non-hydrogen) atoms. The van der Waals surface area contributed by atoms with Crippen LogP contribution in [-0.2, 0) is 16.1 Å². The summed E-state index contributed by atoms with van der Waals surface area (Å²) in [7, 11) is 0. The number of carbonyl (C=O) groups excluding carboxylic acids is 2. The summed E-state index contributed by atoms with van der Waals surface area (Å²) in [6.45, 7) is 0.995. The molecule has 0 aromatic carbocycles. The lowest BCUT2D eigenvalue weighted by atomic mass is 9.98. The maximum atomic E-state index is 12.7. The van der Waals surface area contributed by atoms with Gasteiger partial charge in [0, 0.05) is 18.9 Å². The van der Waals surface area contributed by atoms with Crippen LogP contribution in [0.3, 0.4) is 0 Å². The molecule has 4 heterocycles. The van der Waals surface area contributed by atoms with Gasteiger partial charge in [0.2, 0.25) is 5.91 Å². The van der Waals surface area contributed by atoms with Crippen molar-refractivity contribution in [3.05, 3.63) is 54.2 Å². The van der Waals surface area contributed by atoms with Crippen LogP contribution in [0, 0.1) is 0 Å². The molecule has 0 saturated carbocycles. The number of fused-ring (bicyclic) bond motifs is 1. The van der Waals surface area contributed by atoms with Gasteiger partial charge in [-0.2, -0.15) is 0 Å². The number of rotatable bonds is 4. The molecule has 2 aromatic rings. The quantitative estimate of drug-likeness (QED) is 0.903. The third-order valence-corrected chi connectivity index (χ3v) is 5.03. The number of nitrogens with one attached hydrogen (secondary N) is 1. The van der Waals surface area contributed by atoms with E-state index in [4.69, 9.17) is 9.15 Å². The third-order valence-electron chi connectivity index (χ3n) is 5.03. The Morgan fingerprint density at radius 2 is 2.15 bits per heavy atom. The van der Waals surface area contributed by atoms with Gasteiger partial charge in [-0.25, -0.2) is 0 Å². The largest absolute Gasteiger partial charge is 0.467 e. The van der Waals surface area contributed by atoms with Gasteiger partial charge in [0.25, 0.3) is 5.91 Å². The van der Waals surface area contributed by atoms with Crippen molar-refractivity contribution in [2.75, 3.05) is 6.54 Å². The van der Waals surface area contributed by atoms with Crippen molar-refractivity contribution < 1.29 is 18.7 Å². The van der Waals surface area contributed by atoms with Crippen LogP contribution >= 0.6 is 0 Å². The van der Waals surface area contributed by atoms with Crippen LogP contribution in [0.1, 0.15) is 35.4 Å². The minimum atomic E-state index is -0.473. The molecule has 2 aliphatic rings. The van der Waals surface area contributed by atoms with Crippen molar-refractivity contribution in [2.24, 2.45) is 0 Å². The average molecular weight is 355 g/mol. The van der Waals surface area contributed by atoms with E-state index in [0.717, 1.165) is 12.8 Å². The standard InChI is InChI=1S/C19H21N3O4/c23-18(21-12-14-4-2-10-25-14)17-6-5-15-16(26-17)7-9-22(15)19(24)13-3-1-8-20-11-13/h1-4,8,10-11,15-17H,5-7,9,12H2,(H,21,23)/t15-,16-,17-/m1/s1. The van der Waals surface area contributed by atoms with E-state index in [9.17, 15) is 9.59 Å². The summed E-state index contributed by atoms with van der Waals surface area (Å²) in [5.74, 6) is 0.563. The second-order valence-electron chi connectivity index (χ2n) is 6.63. The van der Waals surface area contributed by atoms with Gasteiger partial charge in [0.05, 0.1) is 30.5 Å². The average Bonchev–Trinajstić information content (AvgIpc) is 3.35. The third kappa shape index (κ3) is 3.35. The van der Waals surface area contributed by atoms with Crippen molar-refractivity contribution >= 4 is 11.8 Å². The van der Waals surface area contributed by atoms with E-state index < -0.39 is 6.10 Å². The van der Waals surface area contributed by atoms with Gasteiger partial charge in [-0.05, 0) is 43.5 Å². The first-order chi connectivity index (χ1) is 12.7. The van der Waals surface area contributed by atoms with Crippen molar-refractivity contribution in [3.63, 3.8) is 0 Å². The molecule has 3 atom stereocenters. The van der Waals surface area contributed by atoms with Gasteiger partial charge < -0.3 is 19.4 Å². The van der Waals surface area contributed by atoms with Crippen molar-refractivity contribution in [1.82, 2.24) is 15.2 Å². The summed E-state index contributed by atoms with van der Waals surface area (Å²) in [5.41, 5.74) is 0.589. The van der Waals surface area contributed by atoms with Crippen LogP contribution in [0.5, 0.6) is 0 Å². The van der Waals surface area contributed by atoms with E-state index in [0.29, 0.717) is 30.8 Å². The van der Waals surface area contributed by atoms with E-state index in [1.807, 2.05) is 11.0 Å². The van der Waals surface area contributed by atoms with Crippen molar-refractivity contribution in [1.29, 1.82) is 0 Å². The minimum Gasteiger partial charge on any atom is -0.467 e. The van der Waals surface area contributed by atoms with Crippen LogP contribution in [-0.4, -0.2) is 46.5 Å². The Labute approximate surface area is 151 Å². The molecule has 4 rings (SSSR count). The molecule has 0 bridgehead atoms. The van der Waals surface area contributed by atoms with E-state index in [-0.39, 0.29) is 24.0 Å². The number of furan rings is 1. The van der Waals surface area contributed by atoms with Gasteiger partial charge in [0.15, 0.2) is 0 Å². The van der Waals surface area contributed by atoms with Crippen LogP contribution in [0.2, 0.25) is 0 Å². The van der Waals surface area contributed by atoms with E-state index in [2.05, 4.69) is 10.3 Å². The SMILES string of the molecule is O=C(NCc1ccco1)[C@H]1CC[C@@H]2[C@@H](CCN2C(=O)c2cccnc2)O1.